The van der Waals surface area contributed by atoms with Crippen molar-refractivity contribution >= 4 is 70.5 Å². The Bertz CT molecular complexity index is 3810. The van der Waals surface area contributed by atoms with E-state index in [0.29, 0.717) is 0 Å². The Kier molecular flexibility index (Phi) is 7.51. The van der Waals surface area contributed by atoms with Crippen molar-refractivity contribution in [1.29, 1.82) is 0 Å². The lowest BCUT2D eigenvalue weighted by molar-refractivity contribution is 0.670. The van der Waals surface area contributed by atoms with Crippen molar-refractivity contribution in [3.05, 3.63) is 247 Å². The highest BCUT2D eigenvalue weighted by Gasteiger charge is 2.52. The zero-order valence-corrected chi connectivity index (χ0v) is 35.4. The highest BCUT2D eigenvalue weighted by Crippen LogP contribution is 2.64. The van der Waals surface area contributed by atoms with Crippen LogP contribution in [-0.4, -0.2) is 0 Å². The van der Waals surface area contributed by atoms with Crippen molar-refractivity contribution in [2.24, 2.45) is 0 Å². The van der Waals surface area contributed by atoms with Gasteiger partial charge in [-0.2, -0.15) is 0 Å². The SMILES string of the molecule is c1ccc(-c2cccc3c2oc2ccc(-c4ccc(N(c5ccc6c(c5)sc5ccccc56)c5cccc6c5-c5ccccc5C65c6ccccc6-c6ccccc65)cc4)cc23)cc1. The lowest BCUT2D eigenvalue weighted by Gasteiger charge is -2.32. The van der Waals surface area contributed by atoms with E-state index in [2.05, 4.69) is 229 Å². The van der Waals surface area contributed by atoms with Gasteiger partial charge >= 0.3 is 0 Å². The number of anilines is 3. The topological polar surface area (TPSA) is 16.4 Å². The van der Waals surface area contributed by atoms with E-state index in [0.717, 1.165) is 61.3 Å². The average molecular weight is 832 g/mol. The summed E-state index contributed by atoms with van der Waals surface area (Å²) in [6.45, 7) is 0. The van der Waals surface area contributed by atoms with Crippen LogP contribution in [0.3, 0.4) is 0 Å². The maximum Gasteiger partial charge on any atom is 0.143 e. The Morgan fingerprint density at radius 3 is 1.75 bits per heavy atom. The number of para-hydroxylation sites is 1. The van der Waals surface area contributed by atoms with Crippen molar-refractivity contribution in [3.8, 4) is 44.5 Å². The van der Waals surface area contributed by atoms with Gasteiger partial charge in [0.15, 0.2) is 0 Å². The van der Waals surface area contributed by atoms with E-state index >= 15 is 0 Å². The van der Waals surface area contributed by atoms with Crippen LogP contribution in [0, 0.1) is 0 Å². The molecular formula is C61H37NOS. The predicted octanol–water partition coefficient (Wildman–Crippen LogP) is 17.1. The summed E-state index contributed by atoms with van der Waals surface area (Å²) in [5, 5.41) is 4.84. The van der Waals surface area contributed by atoms with Gasteiger partial charge in [-0.3, -0.25) is 0 Å². The molecule has 14 rings (SSSR count). The van der Waals surface area contributed by atoms with Gasteiger partial charge in [0.25, 0.3) is 0 Å². The quantitative estimate of drug-likeness (QED) is 0.172. The van der Waals surface area contributed by atoms with Gasteiger partial charge in [0.05, 0.1) is 11.1 Å². The summed E-state index contributed by atoms with van der Waals surface area (Å²) < 4.78 is 9.14. The number of hydrogen-bond acceptors (Lipinski definition) is 3. The van der Waals surface area contributed by atoms with Gasteiger partial charge in [0.1, 0.15) is 11.2 Å². The van der Waals surface area contributed by atoms with Gasteiger partial charge in [-0.25, -0.2) is 0 Å². The van der Waals surface area contributed by atoms with Crippen LogP contribution in [0.25, 0.3) is 86.6 Å². The van der Waals surface area contributed by atoms with Crippen LogP contribution in [0.1, 0.15) is 22.3 Å². The molecule has 0 aliphatic heterocycles. The van der Waals surface area contributed by atoms with E-state index in [1.165, 1.54) is 64.7 Å². The third-order valence-electron chi connectivity index (χ3n) is 13.9. The molecule has 0 saturated heterocycles. The van der Waals surface area contributed by atoms with Crippen LogP contribution in [-0.2, 0) is 5.41 Å². The minimum absolute atomic E-state index is 0.433. The monoisotopic (exact) mass is 831 g/mol. The first-order valence-corrected chi connectivity index (χ1v) is 22.8. The Balaban J connectivity index is 0.960. The van der Waals surface area contributed by atoms with Gasteiger partial charge in [-0.15, -0.1) is 11.3 Å². The molecule has 0 radical (unpaired) electrons. The third kappa shape index (κ3) is 4.90. The Morgan fingerprint density at radius 2 is 0.953 bits per heavy atom. The number of thiophene rings is 1. The summed E-state index contributed by atoms with van der Waals surface area (Å²) in [5.41, 5.74) is 19.9. The van der Waals surface area contributed by atoms with E-state index < -0.39 is 5.41 Å². The fourth-order valence-corrected chi connectivity index (χ4v) is 12.4. The highest BCUT2D eigenvalue weighted by molar-refractivity contribution is 7.25. The normalized spacial score (nSPS) is 13.1. The van der Waals surface area contributed by atoms with E-state index in [-0.39, 0.29) is 0 Å². The summed E-state index contributed by atoms with van der Waals surface area (Å²) in [5.74, 6) is 0. The van der Waals surface area contributed by atoms with Crippen LogP contribution in [0.4, 0.5) is 17.1 Å². The minimum Gasteiger partial charge on any atom is -0.455 e. The second kappa shape index (κ2) is 13.5. The van der Waals surface area contributed by atoms with Crippen LogP contribution in [0.2, 0.25) is 0 Å². The van der Waals surface area contributed by atoms with Gasteiger partial charge < -0.3 is 9.32 Å². The molecule has 0 unspecified atom stereocenters. The second-order valence-corrected chi connectivity index (χ2v) is 18.2. The molecule has 2 aliphatic carbocycles. The molecule has 0 bridgehead atoms. The van der Waals surface area contributed by atoms with Crippen LogP contribution in [0.15, 0.2) is 229 Å². The second-order valence-electron chi connectivity index (χ2n) is 17.1. The summed E-state index contributed by atoms with van der Waals surface area (Å²) in [6, 6.07) is 82.7. The zero-order valence-electron chi connectivity index (χ0n) is 34.6. The molecule has 0 atom stereocenters. The molecule has 2 heterocycles. The molecule has 2 aromatic heterocycles. The van der Waals surface area contributed by atoms with Gasteiger partial charge in [-0.1, -0.05) is 176 Å². The van der Waals surface area contributed by atoms with Gasteiger partial charge in [0, 0.05) is 53.4 Å². The van der Waals surface area contributed by atoms with Crippen molar-refractivity contribution in [2.45, 2.75) is 5.41 Å². The third-order valence-corrected chi connectivity index (χ3v) is 15.0. The van der Waals surface area contributed by atoms with Crippen LogP contribution in [0.5, 0.6) is 0 Å². The maximum absolute atomic E-state index is 6.56. The van der Waals surface area contributed by atoms with Crippen molar-refractivity contribution < 1.29 is 4.42 Å². The Morgan fingerprint density at radius 1 is 0.359 bits per heavy atom. The number of benzene rings is 10. The number of furan rings is 1. The molecule has 10 aromatic carbocycles. The smallest absolute Gasteiger partial charge is 0.143 e. The minimum atomic E-state index is -0.433. The molecule has 2 aliphatic rings. The molecule has 0 fully saturated rings. The molecule has 0 N–H and O–H groups in total. The first kappa shape index (κ1) is 35.6. The largest absolute Gasteiger partial charge is 0.455 e. The van der Waals surface area contributed by atoms with E-state index in [1.54, 1.807) is 0 Å². The summed E-state index contributed by atoms with van der Waals surface area (Å²) >= 11 is 1.86. The average Bonchev–Trinajstić information content (AvgIpc) is 4.10. The molecule has 298 valence electrons. The standard InChI is InChI=1S/C61H37NOS/c1-2-14-39(15-3-1)43-20-12-21-48-50-36-40(30-35-56(50)63-60(43)48)38-28-31-41(32-29-38)62(42-33-34-47-46-18-7-11-27-57(46)64-58(47)37-42)55-26-13-25-54-59(55)49-19-6-10-24-53(49)61(54)51-22-8-4-16-44(51)45-17-5-9-23-52(45)61/h1-37H. The van der Waals surface area contributed by atoms with Gasteiger partial charge in [-0.05, 0) is 104 Å². The molecule has 0 saturated carbocycles. The molecule has 0 amide bonds. The fourth-order valence-electron chi connectivity index (χ4n) is 11.2. The van der Waals surface area contributed by atoms with E-state index in [4.69, 9.17) is 4.42 Å². The lowest BCUT2D eigenvalue weighted by Crippen LogP contribution is -2.26. The van der Waals surface area contributed by atoms with Crippen molar-refractivity contribution in [2.75, 3.05) is 4.90 Å². The maximum atomic E-state index is 6.56. The fraction of sp³-hybridized carbons (Fsp3) is 0.0164. The number of rotatable bonds is 5. The molecule has 2 nitrogen and oxygen atoms in total. The van der Waals surface area contributed by atoms with Crippen molar-refractivity contribution in [3.63, 3.8) is 0 Å². The summed E-state index contributed by atoms with van der Waals surface area (Å²) in [6.07, 6.45) is 0. The first-order valence-electron chi connectivity index (χ1n) is 22.0. The predicted molar refractivity (Wildman–Crippen MR) is 268 cm³/mol. The molecular weight excluding hydrogens is 795 g/mol. The van der Waals surface area contributed by atoms with Crippen LogP contribution < -0.4 is 4.90 Å². The van der Waals surface area contributed by atoms with Gasteiger partial charge in [0.2, 0.25) is 0 Å². The van der Waals surface area contributed by atoms with Crippen molar-refractivity contribution in [1.82, 2.24) is 0 Å². The van der Waals surface area contributed by atoms with Crippen LogP contribution >= 0.6 is 11.3 Å². The molecule has 3 heteroatoms. The van der Waals surface area contributed by atoms with E-state index in [9.17, 15) is 0 Å². The zero-order chi connectivity index (χ0) is 41.9. The highest BCUT2D eigenvalue weighted by atomic mass is 32.1. The molecule has 1 spiro atoms. The Hall–Kier alpha value is -7.98. The molecule has 64 heavy (non-hydrogen) atoms. The molecule has 12 aromatic rings. The number of hydrogen-bond donors (Lipinski definition) is 0. The first-order chi connectivity index (χ1) is 31.7. The lowest BCUT2D eigenvalue weighted by atomic mass is 9.70. The summed E-state index contributed by atoms with van der Waals surface area (Å²) in [7, 11) is 0. The Labute approximate surface area is 374 Å². The number of nitrogens with zero attached hydrogens (tertiary/aromatic N) is 1. The van der Waals surface area contributed by atoms with E-state index in [1.807, 2.05) is 11.3 Å². The number of fused-ring (bicyclic) bond motifs is 16. The summed E-state index contributed by atoms with van der Waals surface area (Å²) in [4.78, 5) is 2.49.